The van der Waals surface area contributed by atoms with E-state index in [9.17, 15) is 19.5 Å². The molecular weight excluding hydrogens is 501 g/mol. The highest BCUT2D eigenvalue weighted by Gasteiger charge is 2.45. The van der Waals surface area contributed by atoms with Gasteiger partial charge in [0.15, 0.2) is 5.78 Å². The molecule has 1 aliphatic rings. The van der Waals surface area contributed by atoms with E-state index in [-0.39, 0.29) is 27.8 Å². The van der Waals surface area contributed by atoms with Crippen molar-refractivity contribution < 1.29 is 19.5 Å². The maximum absolute atomic E-state index is 12.6. The average molecular weight is 524 g/mol. The highest BCUT2D eigenvalue weighted by atomic mass is 35.5. The summed E-state index contributed by atoms with van der Waals surface area (Å²) in [6.07, 6.45) is 4.80. The van der Waals surface area contributed by atoms with Crippen LogP contribution in [0.4, 0.5) is 5.69 Å². The summed E-state index contributed by atoms with van der Waals surface area (Å²) >= 11 is 12.1. The van der Waals surface area contributed by atoms with E-state index in [0.717, 1.165) is 11.1 Å². The molecule has 7 nitrogen and oxygen atoms in total. The predicted molar refractivity (Wildman–Crippen MR) is 138 cm³/mol. The van der Waals surface area contributed by atoms with Gasteiger partial charge in [0.1, 0.15) is 6.04 Å². The van der Waals surface area contributed by atoms with Crippen molar-refractivity contribution in [2.75, 3.05) is 5.32 Å². The van der Waals surface area contributed by atoms with E-state index in [1.807, 2.05) is 37.3 Å². The van der Waals surface area contributed by atoms with Gasteiger partial charge in [0.2, 0.25) is 0 Å². The number of benzene rings is 2. The molecule has 36 heavy (non-hydrogen) atoms. The fraction of sp³-hybridized carbons (Fsp3) is 0.185. The molecule has 0 unspecified atom stereocenters. The van der Waals surface area contributed by atoms with Crippen LogP contribution in [0.2, 0.25) is 10.0 Å². The van der Waals surface area contributed by atoms with Crippen LogP contribution in [-0.2, 0) is 22.4 Å². The highest BCUT2D eigenvalue weighted by molar-refractivity contribution is 6.40. The first-order valence-electron chi connectivity index (χ1n) is 11.2. The number of ketones is 1. The van der Waals surface area contributed by atoms with E-state index in [0.29, 0.717) is 17.8 Å². The molecule has 1 heterocycles. The zero-order valence-electron chi connectivity index (χ0n) is 19.3. The normalized spacial score (nSPS) is 17.5. The first-order valence-corrected chi connectivity index (χ1v) is 11.9. The van der Waals surface area contributed by atoms with Crippen LogP contribution in [0.3, 0.4) is 0 Å². The topological polar surface area (TPSA) is 108 Å². The number of allylic oxidation sites excluding steroid dienone is 2. The molecule has 0 aliphatic heterocycles. The van der Waals surface area contributed by atoms with Crippen LogP contribution in [0.25, 0.3) is 0 Å². The Hall–Kier alpha value is -3.68. The van der Waals surface area contributed by atoms with Crippen molar-refractivity contribution in [2.24, 2.45) is 5.41 Å². The largest absolute Gasteiger partial charge is 0.480 e. The molecule has 2 aromatic carbocycles. The van der Waals surface area contributed by atoms with Crippen LogP contribution in [-0.4, -0.2) is 33.8 Å². The number of amides is 1. The predicted octanol–water partition coefficient (Wildman–Crippen LogP) is 4.94. The molecular formula is C27H23Cl2N3O4. The molecule has 184 valence electrons. The van der Waals surface area contributed by atoms with E-state index < -0.39 is 23.3 Å². The maximum Gasteiger partial charge on any atom is 0.326 e. The lowest BCUT2D eigenvalue weighted by atomic mass is 9.69. The summed E-state index contributed by atoms with van der Waals surface area (Å²) in [5, 5.41) is 15.9. The molecule has 2 atom stereocenters. The number of carboxylic acid groups (broad SMARTS) is 1. The molecule has 0 radical (unpaired) electrons. The van der Waals surface area contributed by atoms with Crippen LogP contribution < -0.4 is 10.6 Å². The van der Waals surface area contributed by atoms with Gasteiger partial charge in [-0.1, -0.05) is 65.7 Å². The number of hydrogen-bond acceptors (Lipinski definition) is 5. The third-order valence-corrected chi connectivity index (χ3v) is 6.75. The number of anilines is 1. The number of halogens is 2. The van der Waals surface area contributed by atoms with Crippen molar-refractivity contribution in [1.29, 1.82) is 0 Å². The minimum absolute atomic E-state index is 0.0347. The summed E-state index contributed by atoms with van der Waals surface area (Å²) < 4.78 is 0. The molecule has 4 rings (SSSR count). The van der Waals surface area contributed by atoms with Gasteiger partial charge >= 0.3 is 5.97 Å². The molecule has 3 N–H and O–H groups in total. The summed E-state index contributed by atoms with van der Waals surface area (Å²) in [4.78, 5) is 40.8. The second kappa shape index (κ2) is 10.5. The Labute approximate surface area is 218 Å². The first kappa shape index (κ1) is 25.4. The van der Waals surface area contributed by atoms with Crippen molar-refractivity contribution in [3.8, 4) is 0 Å². The van der Waals surface area contributed by atoms with Gasteiger partial charge in [-0.25, -0.2) is 4.79 Å². The number of nitrogens with zero attached hydrogens (tertiary/aromatic N) is 1. The SMILES string of the molecule is C[C@]1(Cc2ccccc2)C(=O)C=C1N[C@@H](Cc1ccc(NC(=O)c2c(Cl)cncc2Cl)cc1)C(=O)O. The molecule has 3 aromatic rings. The number of carbonyl (C=O) groups is 3. The average Bonchev–Trinajstić information content (AvgIpc) is 2.84. The first-order chi connectivity index (χ1) is 17.2. The monoisotopic (exact) mass is 523 g/mol. The van der Waals surface area contributed by atoms with Crippen molar-refractivity contribution in [1.82, 2.24) is 10.3 Å². The molecule has 0 saturated heterocycles. The van der Waals surface area contributed by atoms with E-state index >= 15 is 0 Å². The van der Waals surface area contributed by atoms with Gasteiger partial charge in [0.05, 0.1) is 21.0 Å². The van der Waals surface area contributed by atoms with Gasteiger partial charge in [-0.3, -0.25) is 14.6 Å². The Morgan fingerprint density at radius 3 is 2.22 bits per heavy atom. The lowest BCUT2D eigenvalue weighted by molar-refractivity contribution is -0.139. The number of pyridine rings is 1. The van der Waals surface area contributed by atoms with Crippen LogP contribution in [0.5, 0.6) is 0 Å². The van der Waals surface area contributed by atoms with E-state index in [1.165, 1.54) is 18.5 Å². The van der Waals surface area contributed by atoms with Crippen LogP contribution in [0, 0.1) is 5.41 Å². The van der Waals surface area contributed by atoms with Gasteiger partial charge in [-0.15, -0.1) is 0 Å². The van der Waals surface area contributed by atoms with Crippen molar-refractivity contribution in [2.45, 2.75) is 25.8 Å². The van der Waals surface area contributed by atoms with Crippen molar-refractivity contribution in [3.05, 3.63) is 105 Å². The number of carboxylic acids is 1. The number of carbonyl (C=O) groups excluding carboxylic acids is 2. The Balaban J connectivity index is 1.42. The second-order valence-electron chi connectivity index (χ2n) is 8.79. The van der Waals surface area contributed by atoms with Crippen LogP contribution in [0.15, 0.2) is 78.8 Å². The number of aliphatic carboxylic acids is 1. The van der Waals surface area contributed by atoms with Crippen LogP contribution in [0.1, 0.15) is 28.4 Å². The molecule has 0 bridgehead atoms. The number of rotatable bonds is 9. The standard InChI is InChI=1S/C27H23Cl2N3O4/c1-27(13-17-5-3-2-4-6-17)22(12-23(27)33)32-21(26(35)36)11-16-7-9-18(10-8-16)31-25(34)24-19(28)14-30-15-20(24)29/h2-10,12,14-15,21,32H,11,13H2,1H3,(H,31,34)(H,35,36)/t21-,27+/m0/s1. The summed E-state index contributed by atoms with van der Waals surface area (Å²) in [5.74, 6) is -1.55. The van der Waals surface area contributed by atoms with Gasteiger partial charge in [0.25, 0.3) is 5.91 Å². The van der Waals surface area contributed by atoms with E-state index in [4.69, 9.17) is 23.2 Å². The Morgan fingerprint density at radius 1 is 1.00 bits per heavy atom. The quantitative estimate of drug-likeness (QED) is 0.366. The summed E-state index contributed by atoms with van der Waals surface area (Å²) in [7, 11) is 0. The van der Waals surface area contributed by atoms with Gasteiger partial charge < -0.3 is 15.7 Å². The van der Waals surface area contributed by atoms with Gasteiger partial charge in [-0.2, -0.15) is 0 Å². The fourth-order valence-corrected chi connectivity index (χ4v) is 4.60. The number of hydrogen-bond donors (Lipinski definition) is 3. The van der Waals surface area contributed by atoms with E-state index in [2.05, 4.69) is 15.6 Å². The molecule has 0 spiro atoms. The molecule has 1 amide bonds. The Bertz CT molecular complexity index is 1320. The molecule has 1 aliphatic carbocycles. The molecule has 9 heteroatoms. The minimum Gasteiger partial charge on any atom is -0.480 e. The lowest BCUT2D eigenvalue weighted by Gasteiger charge is -2.39. The maximum atomic E-state index is 12.6. The number of aromatic nitrogens is 1. The summed E-state index contributed by atoms with van der Waals surface area (Å²) in [5.41, 5.74) is 2.17. The minimum atomic E-state index is -1.03. The number of nitrogens with one attached hydrogen (secondary N) is 2. The third-order valence-electron chi connectivity index (χ3n) is 6.17. The van der Waals surface area contributed by atoms with E-state index in [1.54, 1.807) is 24.3 Å². The highest BCUT2D eigenvalue weighted by Crippen LogP contribution is 2.39. The second-order valence-corrected chi connectivity index (χ2v) is 9.60. The van der Waals surface area contributed by atoms with Crippen molar-refractivity contribution >= 4 is 46.5 Å². The van der Waals surface area contributed by atoms with Gasteiger partial charge in [0, 0.05) is 36.3 Å². The summed E-state index contributed by atoms with van der Waals surface area (Å²) in [6.45, 7) is 1.82. The Kier molecular flexibility index (Phi) is 7.43. The third kappa shape index (κ3) is 5.42. The molecule has 0 fully saturated rings. The summed E-state index contributed by atoms with van der Waals surface area (Å²) in [6, 6.07) is 15.5. The zero-order chi connectivity index (χ0) is 25.9. The Morgan fingerprint density at radius 2 is 1.64 bits per heavy atom. The lowest BCUT2D eigenvalue weighted by Crippen LogP contribution is -2.50. The molecule has 1 aromatic heterocycles. The fourth-order valence-electron chi connectivity index (χ4n) is 4.06. The smallest absolute Gasteiger partial charge is 0.326 e. The van der Waals surface area contributed by atoms with Crippen LogP contribution >= 0.6 is 23.2 Å². The van der Waals surface area contributed by atoms with Gasteiger partial charge in [-0.05, 0) is 36.6 Å². The zero-order valence-corrected chi connectivity index (χ0v) is 20.8. The van der Waals surface area contributed by atoms with Crippen molar-refractivity contribution in [3.63, 3.8) is 0 Å². The molecule has 0 saturated carbocycles.